The number of benzene rings is 1. The number of hydrogen-bond acceptors (Lipinski definition) is 3. The first-order valence-corrected chi connectivity index (χ1v) is 9.79. The molecule has 1 saturated carbocycles. The van der Waals surface area contributed by atoms with Gasteiger partial charge in [0.05, 0.1) is 23.9 Å². The van der Waals surface area contributed by atoms with Crippen molar-refractivity contribution in [2.75, 3.05) is 13.1 Å². The van der Waals surface area contributed by atoms with E-state index in [1.807, 2.05) is 6.20 Å². The number of likely N-dealkylation sites (tertiary alicyclic amines) is 1. The second-order valence-corrected chi connectivity index (χ2v) is 7.66. The second kappa shape index (κ2) is 7.62. The summed E-state index contributed by atoms with van der Waals surface area (Å²) < 4.78 is 2.25. The van der Waals surface area contributed by atoms with Gasteiger partial charge >= 0.3 is 5.97 Å². The molecule has 0 amide bonds. The maximum absolute atomic E-state index is 11.2. The van der Waals surface area contributed by atoms with E-state index in [-0.39, 0.29) is 5.92 Å². The number of nitrogens with zero attached hydrogens (tertiary/aromatic N) is 3. The Morgan fingerprint density at radius 1 is 1.08 bits per heavy atom. The van der Waals surface area contributed by atoms with Gasteiger partial charge in [0.25, 0.3) is 0 Å². The molecule has 0 unspecified atom stereocenters. The number of aromatic nitrogens is 2. The fraction of sp³-hybridized carbons (Fsp3) is 0.524. The molecule has 5 heteroatoms. The molecule has 1 aliphatic heterocycles. The van der Waals surface area contributed by atoms with Crippen LogP contribution in [-0.2, 0) is 11.3 Å². The van der Waals surface area contributed by atoms with Gasteiger partial charge in [0.15, 0.2) is 0 Å². The Labute approximate surface area is 154 Å². The Morgan fingerprint density at radius 2 is 1.77 bits per heavy atom. The lowest BCUT2D eigenvalue weighted by Gasteiger charge is -2.30. The van der Waals surface area contributed by atoms with Crippen LogP contribution in [0.5, 0.6) is 0 Å². The van der Waals surface area contributed by atoms with Crippen molar-refractivity contribution in [1.29, 1.82) is 0 Å². The van der Waals surface area contributed by atoms with Crippen LogP contribution in [0.1, 0.15) is 50.1 Å². The summed E-state index contributed by atoms with van der Waals surface area (Å²) in [4.78, 5) is 13.6. The lowest BCUT2D eigenvalue weighted by molar-refractivity contribution is -0.143. The molecule has 0 bridgehead atoms. The average molecular weight is 353 g/mol. The van der Waals surface area contributed by atoms with Crippen LogP contribution < -0.4 is 0 Å². The van der Waals surface area contributed by atoms with E-state index in [2.05, 4.69) is 39.9 Å². The molecule has 5 nitrogen and oxygen atoms in total. The van der Waals surface area contributed by atoms with Crippen molar-refractivity contribution in [3.63, 3.8) is 0 Å². The maximum Gasteiger partial charge on any atom is 0.306 e. The number of aliphatic carboxylic acids is 1. The highest BCUT2D eigenvalue weighted by Crippen LogP contribution is 2.35. The third-order valence-corrected chi connectivity index (χ3v) is 5.92. The topological polar surface area (TPSA) is 58.4 Å². The van der Waals surface area contributed by atoms with Gasteiger partial charge in [0.1, 0.15) is 0 Å². The molecule has 2 fully saturated rings. The predicted molar refractivity (Wildman–Crippen MR) is 101 cm³/mol. The van der Waals surface area contributed by atoms with Gasteiger partial charge in [-0.05, 0) is 38.8 Å². The van der Waals surface area contributed by atoms with Crippen LogP contribution in [0.4, 0.5) is 0 Å². The lowest BCUT2D eigenvalue weighted by atomic mass is 9.96. The van der Waals surface area contributed by atoms with Gasteiger partial charge in [0, 0.05) is 17.7 Å². The Balaban J connectivity index is 1.57. The standard InChI is InChI=1S/C21H27N3O2/c25-21(26)17-10-12-23(13-11-17)15-18-14-22-24(19-8-4-5-9-19)20(18)16-6-2-1-3-7-16/h1-3,6-7,14,17,19H,4-5,8-13,15H2,(H,25,26). The molecule has 138 valence electrons. The summed E-state index contributed by atoms with van der Waals surface area (Å²) in [6, 6.07) is 11.1. The summed E-state index contributed by atoms with van der Waals surface area (Å²) in [5, 5.41) is 14.0. The molecule has 4 rings (SSSR count). The van der Waals surface area contributed by atoms with E-state index in [0.29, 0.717) is 6.04 Å². The summed E-state index contributed by atoms with van der Waals surface area (Å²) in [6.45, 7) is 2.54. The smallest absolute Gasteiger partial charge is 0.306 e. The van der Waals surface area contributed by atoms with Crippen LogP contribution >= 0.6 is 0 Å². The quantitative estimate of drug-likeness (QED) is 0.884. The molecule has 0 spiro atoms. The predicted octanol–water partition coefficient (Wildman–Crippen LogP) is 3.96. The molecular formula is C21H27N3O2. The average Bonchev–Trinajstić information content (AvgIpc) is 3.32. The van der Waals surface area contributed by atoms with Crippen LogP contribution in [-0.4, -0.2) is 38.8 Å². The van der Waals surface area contributed by atoms with Gasteiger partial charge in [-0.25, -0.2) is 0 Å². The SMILES string of the molecule is O=C(O)C1CCN(Cc2cnn(C3CCCC3)c2-c2ccccc2)CC1. The highest BCUT2D eigenvalue weighted by Gasteiger charge is 2.27. The normalized spacial score (nSPS) is 19.8. The molecule has 2 heterocycles. The van der Waals surface area contributed by atoms with E-state index >= 15 is 0 Å². The molecule has 2 aliphatic rings. The van der Waals surface area contributed by atoms with Crippen LogP contribution in [0.2, 0.25) is 0 Å². The second-order valence-electron chi connectivity index (χ2n) is 7.66. The third-order valence-electron chi connectivity index (χ3n) is 5.92. The van der Waals surface area contributed by atoms with Crippen molar-refractivity contribution < 1.29 is 9.90 Å². The first-order valence-electron chi connectivity index (χ1n) is 9.79. The summed E-state index contributed by atoms with van der Waals surface area (Å²) in [5.74, 6) is -0.829. The van der Waals surface area contributed by atoms with Crippen molar-refractivity contribution in [1.82, 2.24) is 14.7 Å². The van der Waals surface area contributed by atoms with E-state index < -0.39 is 5.97 Å². The Bertz CT molecular complexity index is 742. The van der Waals surface area contributed by atoms with Crippen molar-refractivity contribution in [3.8, 4) is 11.3 Å². The van der Waals surface area contributed by atoms with Crippen molar-refractivity contribution >= 4 is 5.97 Å². The lowest BCUT2D eigenvalue weighted by Crippen LogP contribution is -2.35. The van der Waals surface area contributed by atoms with E-state index in [9.17, 15) is 9.90 Å². The third kappa shape index (κ3) is 3.54. The molecule has 0 radical (unpaired) electrons. The Kier molecular flexibility index (Phi) is 5.07. The van der Waals surface area contributed by atoms with E-state index in [4.69, 9.17) is 5.10 Å². The minimum Gasteiger partial charge on any atom is -0.481 e. The van der Waals surface area contributed by atoms with Crippen molar-refractivity contribution in [2.45, 2.75) is 51.1 Å². The molecule has 0 atom stereocenters. The first-order chi connectivity index (χ1) is 12.7. The van der Waals surface area contributed by atoms with Crippen LogP contribution in [0, 0.1) is 5.92 Å². The monoisotopic (exact) mass is 353 g/mol. The van der Waals surface area contributed by atoms with Gasteiger partial charge in [0.2, 0.25) is 0 Å². The molecule has 1 N–H and O–H groups in total. The van der Waals surface area contributed by atoms with E-state index in [1.165, 1.54) is 42.5 Å². The number of carboxylic acids is 1. The summed E-state index contributed by atoms with van der Waals surface area (Å²) in [5.41, 5.74) is 3.74. The molecule has 26 heavy (non-hydrogen) atoms. The largest absolute Gasteiger partial charge is 0.481 e. The van der Waals surface area contributed by atoms with Crippen molar-refractivity contribution in [3.05, 3.63) is 42.1 Å². The van der Waals surface area contributed by atoms with Gasteiger partial charge in [-0.2, -0.15) is 5.10 Å². The number of rotatable bonds is 5. The first kappa shape index (κ1) is 17.3. The summed E-state index contributed by atoms with van der Waals surface area (Å²) in [7, 11) is 0. The number of hydrogen-bond donors (Lipinski definition) is 1. The molecule has 1 saturated heterocycles. The number of piperidine rings is 1. The van der Waals surface area contributed by atoms with Gasteiger partial charge in [-0.3, -0.25) is 14.4 Å². The fourth-order valence-electron chi connectivity index (χ4n) is 4.43. The van der Waals surface area contributed by atoms with Gasteiger partial charge < -0.3 is 5.11 Å². The summed E-state index contributed by atoms with van der Waals surface area (Å²) in [6.07, 6.45) is 8.52. The minimum absolute atomic E-state index is 0.180. The zero-order valence-electron chi connectivity index (χ0n) is 15.2. The molecule has 1 aromatic heterocycles. The number of carboxylic acid groups (broad SMARTS) is 1. The molecular weight excluding hydrogens is 326 g/mol. The van der Waals surface area contributed by atoms with Crippen LogP contribution in [0.15, 0.2) is 36.5 Å². The zero-order chi connectivity index (χ0) is 17.9. The highest BCUT2D eigenvalue weighted by molar-refractivity contribution is 5.70. The van der Waals surface area contributed by atoms with E-state index in [0.717, 1.165) is 32.5 Å². The fourth-order valence-corrected chi connectivity index (χ4v) is 4.43. The highest BCUT2D eigenvalue weighted by atomic mass is 16.4. The summed E-state index contributed by atoms with van der Waals surface area (Å²) >= 11 is 0. The number of carbonyl (C=O) groups is 1. The van der Waals surface area contributed by atoms with Crippen LogP contribution in [0.25, 0.3) is 11.3 Å². The zero-order valence-corrected chi connectivity index (χ0v) is 15.2. The van der Waals surface area contributed by atoms with Crippen molar-refractivity contribution in [2.24, 2.45) is 5.92 Å². The van der Waals surface area contributed by atoms with Gasteiger partial charge in [-0.1, -0.05) is 43.2 Å². The molecule has 1 aliphatic carbocycles. The Morgan fingerprint density at radius 3 is 2.42 bits per heavy atom. The minimum atomic E-state index is -0.649. The Hall–Kier alpha value is -2.14. The van der Waals surface area contributed by atoms with E-state index in [1.54, 1.807) is 0 Å². The molecule has 2 aromatic rings. The van der Waals surface area contributed by atoms with Gasteiger partial charge in [-0.15, -0.1) is 0 Å². The maximum atomic E-state index is 11.2. The van der Waals surface area contributed by atoms with Crippen LogP contribution in [0.3, 0.4) is 0 Å². The molecule has 1 aromatic carbocycles.